The van der Waals surface area contributed by atoms with E-state index in [2.05, 4.69) is 15.0 Å². The van der Waals surface area contributed by atoms with Crippen LogP contribution in [0.4, 0.5) is 15.4 Å². The third-order valence-electron chi connectivity index (χ3n) is 2.72. The maximum absolute atomic E-state index is 12.6. The van der Waals surface area contributed by atoms with Crippen LogP contribution in [0, 0.1) is 0 Å². The van der Waals surface area contributed by atoms with Gasteiger partial charge in [0, 0.05) is 6.07 Å². The van der Waals surface area contributed by atoms with E-state index in [1.54, 1.807) is 41.5 Å². The first kappa shape index (κ1) is 19.0. The van der Waals surface area contributed by atoms with Gasteiger partial charge in [-0.15, -0.1) is 0 Å². The van der Waals surface area contributed by atoms with Crippen molar-refractivity contribution in [1.82, 2.24) is 15.0 Å². The third-order valence-corrected chi connectivity index (χ3v) is 2.91. The molecular formula is C16H21ClN4O4. The summed E-state index contributed by atoms with van der Waals surface area (Å²) in [5.41, 5.74) is -0.824. The van der Waals surface area contributed by atoms with E-state index in [0.717, 1.165) is 0 Å². The number of fused-ring (bicyclic) bond motifs is 1. The van der Waals surface area contributed by atoms with E-state index >= 15 is 0 Å². The van der Waals surface area contributed by atoms with Gasteiger partial charge in [0.15, 0.2) is 5.82 Å². The molecule has 0 bridgehead atoms. The van der Waals surface area contributed by atoms with Gasteiger partial charge in [0.2, 0.25) is 0 Å². The van der Waals surface area contributed by atoms with Crippen molar-refractivity contribution in [3.05, 3.63) is 17.5 Å². The SMILES string of the molecule is CC(C)(C)OC(=O)N(C(=O)OC(C)(C)C)c1nc(Cl)cc2[nH]cnc12. The molecule has 25 heavy (non-hydrogen) atoms. The number of aromatic nitrogens is 3. The molecule has 2 rings (SSSR count). The molecule has 0 saturated carbocycles. The van der Waals surface area contributed by atoms with E-state index < -0.39 is 23.4 Å². The molecule has 0 spiro atoms. The monoisotopic (exact) mass is 368 g/mol. The maximum Gasteiger partial charge on any atom is 0.425 e. The highest BCUT2D eigenvalue weighted by Gasteiger charge is 2.35. The van der Waals surface area contributed by atoms with Crippen LogP contribution in [0.3, 0.4) is 0 Å². The summed E-state index contributed by atoms with van der Waals surface area (Å²) in [7, 11) is 0. The summed E-state index contributed by atoms with van der Waals surface area (Å²) in [5, 5.41) is 0.0869. The van der Waals surface area contributed by atoms with Gasteiger partial charge in [-0.1, -0.05) is 11.6 Å². The third kappa shape index (κ3) is 4.82. The average molecular weight is 369 g/mol. The molecule has 0 aromatic carbocycles. The number of rotatable bonds is 1. The second-order valence-electron chi connectivity index (χ2n) is 7.36. The number of halogens is 1. The van der Waals surface area contributed by atoms with Crippen LogP contribution in [0.2, 0.25) is 5.15 Å². The topological polar surface area (TPSA) is 97.4 Å². The second kappa shape index (κ2) is 6.51. The fourth-order valence-corrected chi connectivity index (χ4v) is 2.11. The standard InChI is InChI=1S/C16H21ClN4O4/c1-15(2,3)24-13(22)21(14(23)25-16(4,5)6)12-11-9(18-8-19-11)7-10(17)20-12/h7-8H,1-6H3,(H,18,19). The van der Waals surface area contributed by atoms with Gasteiger partial charge in [0.25, 0.3) is 0 Å². The lowest BCUT2D eigenvalue weighted by Gasteiger charge is -2.28. The maximum atomic E-state index is 12.6. The number of hydrogen-bond acceptors (Lipinski definition) is 6. The quantitative estimate of drug-likeness (QED) is 0.754. The molecule has 0 saturated heterocycles. The summed E-state index contributed by atoms with van der Waals surface area (Å²) in [6.45, 7) is 10.1. The molecule has 0 unspecified atom stereocenters. The zero-order valence-corrected chi connectivity index (χ0v) is 15.8. The van der Waals surface area contributed by atoms with Crippen LogP contribution in [0.1, 0.15) is 41.5 Å². The molecule has 2 amide bonds. The van der Waals surface area contributed by atoms with Gasteiger partial charge in [0.05, 0.1) is 11.8 Å². The van der Waals surface area contributed by atoms with Crippen LogP contribution in [0.5, 0.6) is 0 Å². The Morgan fingerprint density at radius 2 is 1.60 bits per heavy atom. The predicted molar refractivity (Wildman–Crippen MR) is 93.8 cm³/mol. The highest BCUT2D eigenvalue weighted by molar-refractivity contribution is 6.30. The van der Waals surface area contributed by atoms with E-state index in [0.29, 0.717) is 15.9 Å². The van der Waals surface area contributed by atoms with Crippen molar-refractivity contribution in [3.63, 3.8) is 0 Å². The minimum absolute atomic E-state index is 0.0627. The van der Waals surface area contributed by atoms with Crippen molar-refractivity contribution < 1.29 is 19.1 Å². The summed E-state index contributed by atoms with van der Waals surface area (Å²) in [6, 6.07) is 1.54. The Kier molecular flexibility index (Phi) is 4.94. The number of aromatic amines is 1. The van der Waals surface area contributed by atoms with Crippen molar-refractivity contribution in [2.45, 2.75) is 52.7 Å². The second-order valence-corrected chi connectivity index (χ2v) is 7.75. The van der Waals surface area contributed by atoms with Crippen LogP contribution in [-0.4, -0.2) is 38.3 Å². The Bertz CT molecular complexity index is 777. The lowest BCUT2D eigenvalue weighted by atomic mass is 10.2. The van der Waals surface area contributed by atoms with E-state index in [1.165, 1.54) is 12.4 Å². The number of amides is 2. The van der Waals surface area contributed by atoms with Crippen LogP contribution in [0.25, 0.3) is 11.0 Å². The number of nitrogens with one attached hydrogen (secondary N) is 1. The Labute approximate surface area is 150 Å². The van der Waals surface area contributed by atoms with E-state index in [9.17, 15) is 9.59 Å². The number of anilines is 1. The summed E-state index contributed by atoms with van der Waals surface area (Å²) >= 11 is 6.01. The van der Waals surface area contributed by atoms with Gasteiger partial charge in [-0.25, -0.2) is 19.6 Å². The normalized spacial score (nSPS) is 12.1. The Balaban J connectivity index is 2.55. The fourth-order valence-electron chi connectivity index (χ4n) is 1.92. The largest absolute Gasteiger partial charge is 0.443 e. The smallest absolute Gasteiger partial charge is 0.425 e. The molecule has 2 aromatic heterocycles. The molecule has 136 valence electrons. The summed E-state index contributed by atoms with van der Waals surface area (Å²) in [6.07, 6.45) is -0.448. The molecule has 2 aromatic rings. The molecular weight excluding hydrogens is 348 g/mol. The zero-order chi connectivity index (χ0) is 19.0. The van der Waals surface area contributed by atoms with Crippen LogP contribution >= 0.6 is 11.6 Å². The number of carbonyl (C=O) groups is 2. The molecule has 0 atom stereocenters. The first-order chi connectivity index (χ1) is 11.4. The number of ether oxygens (including phenoxy) is 2. The average Bonchev–Trinajstić information content (AvgIpc) is 2.82. The molecule has 0 aliphatic rings. The first-order valence-electron chi connectivity index (χ1n) is 7.63. The van der Waals surface area contributed by atoms with Gasteiger partial charge in [0.1, 0.15) is 21.9 Å². The Hall–Kier alpha value is -2.35. The first-order valence-corrected chi connectivity index (χ1v) is 8.01. The van der Waals surface area contributed by atoms with E-state index in [4.69, 9.17) is 21.1 Å². The van der Waals surface area contributed by atoms with E-state index in [1.807, 2.05) is 0 Å². The van der Waals surface area contributed by atoms with Gasteiger partial charge < -0.3 is 14.5 Å². The molecule has 9 heteroatoms. The number of nitrogens with zero attached hydrogens (tertiary/aromatic N) is 3. The molecule has 0 fully saturated rings. The van der Waals surface area contributed by atoms with Crippen molar-refractivity contribution >= 4 is 40.6 Å². The Morgan fingerprint density at radius 3 is 2.08 bits per heavy atom. The van der Waals surface area contributed by atoms with Crippen LogP contribution in [0.15, 0.2) is 12.4 Å². The number of imidazole rings is 1. The molecule has 0 radical (unpaired) electrons. The van der Waals surface area contributed by atoms with Crippen LogP contribution in [-0.2, 0) is 9.47 Å². The van der Waals surface area contributed by atoms with Crippen molar-refractivity contribution in [3.8, 4) is 0 Å². The number of H-pyrrole nitrogens is 1. The van der Waals surface area contributed by atoms with Crippen molar-refractivity contribution in [2.24, 2.45) is 0 Å². The minimum Gasteiger partial charge on any atom is -0.443 e. The van der Waals surface area contributed by atoms with Gasteiger partial charge in [-0.2, -0.15) is 4.90 Å². The molecule has 0 aliphatic heterocycles. The van der Waals surface area contributed by atoms with Crippen molar-refractivity contribution in [2.75, 3.05) is 4.90 Å². The summed E-state index contributed by atoms with van der Waals surface area (Å²) < 4.78 is 10.6. The van der Waals surface area contributed by atoms with Gasteiger partial charge in [-0.05, 0) is 41.5 Å². The fraction of sp³-hybridized carbons (Fsp3) is 0.500. The van der Waals surface area contributed by atoms with Gasteiger partial charge in [-0.3, -0.25) is 0 Å². The number of pyridine rings is 1. The van der Waals surface area contributed by atoms with E-state index in [-0.39, 0.29) is 11.0 Å². The van der Waals surface area contributed by atoms with Crippen molar-refractivity contribution in [1.29, 1.82) is 0 Å². The number of carbonyl (C=O) groups excluding carboxylic acids is 2. The number of hydrogen-bond donors (Lipinski definition) is 1. The highest BCUT2D eigenvalue weighted by Crippen LogP contribution is 2.28. The highest BCUT2D eigenvalue weighted by atomic mass is 35.5. The Morgan fingerprint density at radius 1 is 1.08 bits per heavy atom. The molecule has 8 nitrogen and oxygen atoms in total. The van der Waals surface area contributed by atoms with Gasteiger partial charge >= 0.3 is 12.2 Å². The lowest BCUT2D eigenvalue weighted by molar-refractivity contribution is 0.0429. The molecule has 0 aliphatic carbocycles. The number of imide groups is 1. The molecule has 2 heterocycles. The zero-order valence-electron chi connectivity index (χ0n) is 15.0. The summed E-state index contributed by atoms with van der Waals surface area (Å²) in [4.78, 5) is 37.0. The molecule has 1 N–H and O–H groups in total. The lowest BCUT2D eigenvalue weighted by Crippen LogP contribution is -2.44. The van der Waals surface area contributed by atoms with Crippen LogP contribution < -0.4 is 4.90 Å². The summed E-state index contributed by atoms with van der Waals surface area (Å²) in [5.74, 6) is -0.0627. The predicted octanol–water partition coefficient (Wildman–Crippen LogP) is 4.29. The minimum atomic E-state index is -0.930.